The van der Waals surface area contributed by atoms with E-state index in [1.54, 1.807) is 15.3 Å². The molecule has 138 valence electrons. The van der Waals surface area contributed by atoms with E-state index in [9.17, 15) is 4.79 Å². The van der Waals surface area contributed by atoms with Gasteiger partial charge in [-0.1, -0.05) is 6.07 Å². The van der Waals surface area contributed by atoms with Crippen LogP contribution in [0.5, 0.6) is 11.6 Å². The highest BCUT2D eigenvalue weighted by Crippen LogP contribution is 2.23. The number of aromatic nitrogens is 5. The van der Waals surface area contributed by atoms with Crippen LogP contribution in [-0.4, -0.2) is 23.5 Å². The van der Waals surface area contributed by atoms with E-state index in [0.29, 0.717) is 23.8 Å². The molecule has 4 heterocycles. The zero-order valence-corrected chi connectivity index (χ0v) is 15.2. The number of imidazole rings is 2. The van der Waals surface area contributed by atoms with Crippen molar-refractivity contribution in [2.45, 2.75) is 13.5 Å². The van der Waals surface area contributed by atoms with Crippen LogP contribution in [0.25, 0.3) is 22.5 Å². The van der Waals surface area contributed by atoms with Crippen LogP contribution < -0.4 is 10.4 Å². The molecule has 0 N–H and O–H groups in total. The zero-order chi connectivity index (χ0) is 19.1. The first-order valence-electron chi connectivity index (χ1n) is 9.03. The summed E-state index contributed by atoms with van der Waals surface area (Å²) in [5.41, 5.74) is 2.91. The molecule has 0 atom stereocenters. The predicted molar refractivity (Wildman–Crippen MR) is 106 cm³/mol. The Morgan fingerprint density at radius 3 is 2.68 bits per heavy atom. The minimum atomic E-state index is -0.106. The first kappa shape index (κ1) is 16.3. The van der Waals surface area contributed by atoms with Crippen molar-refractivity contribution < 1.29 is 4.74 Å². The zero-order valence-electron chi connectivity index (χ0n) is 15.2. The second-order valence-electron chi connectivity index (χ2n) is 6.35. The second-order valence-corrected chi connectivity index (χ2v) is 6.35. The van der Waals surface area contributed by atoms with Gasteiger partial charge in [0.2, 0.25) is 5.88 Å². The maximum Gasteiger partial charge on any atom is 0.334 e. The van der Waals surface area contributed by atoms with Crippen molar-refractivity contribution in [3.63, 3.8) is 0 Å². The van der Waals surface area contributed by atoms with E-state index >= 15 is 0 Å². The van der Waals surface area contributed by atoms with Crippen LogP contribution in [0.1, 0.15) is 6.92 Å². The van der Waals surface area contributed by atoms with Gasteiger partial charge in [0.15, 0.2) is 5.65 Å². The van der Waals surface area contributed by atoms with Gasteiger partial charge in [-0.05, 0) is 55.5 Å². The number of ether oxygens (including phenoxy) is 1. The molecule has 7 heteroatoms. The Hall–Kier alpha value is -3.87. The standard InChI is InChI=1S/C21H17N5O2/c1-2-25-17-6-5-12-22-20(17)26(21(25)27)15-8-10-16(11-9-15)28-19-14-24-13-4-3-7-18(24)23-19/h3-14H,2H2,1H3. The van der Waals surface area contributed by atoms with Crippen molar-refractivity contribution in [2.24, 2.45) is 0 Å². The highest BCUT2D eigenvalue weighted by atomic mass is 16.5. The SMILES string of the molecule is CCn1c(=O)n(-c2ccc(Oc3cn4ccccc4n3)cc2)c2ncccc21. The van der Waals surface area contributed by atoms with E-state index < -0.39 is 0 Å². The van der Waals surface area contributed by atoms with Crippen molar-refractivity contribution in [1.82, 2.24) is 23.5 Å². The van der Waals surface area contributed by atoms with Crippen LogP contribution >= 0.6 is 0 Å². The van der Waals surface area contributed by atoms with Crippen molar-refractivity contribution in [2.75, 3.05) is 0 Å². The van der Waals surface area contributed by atoms with Crippen molar-refractivity contribution in [3.05, 3.63) is 83.7 Å². The minimum absolute atomic E-state index is 0.106. The average molecular weight is 371 g/mol. The van der Waals surface area contributed by atoms with Crippen LogP contribution in [-0.2, 0) is 6.54 Å². The number of aryl methyl sites for hydroxylation is 1. The number of fused-ring (bicyclic) bond motifs is 2. The Morgan fingerprint density at radius 2 is 1.89 bits per heavy atom. The Bertz CT molecular complexity index is 1310. The van der Waals surface area contributed by atoms with Gasteiger partial charge in [0, 0.05) is 18.9 Å². The lowest BCUT2D eigenvalue weighted by atomic mass is 10.3. The third kappa shape index (κ3) is 2.56. The smallest absolute Gasteiger partial charge is 0.334 e. The van der Waals surface area contributed by atoms with Gasteiger partial charge in [-0.25, -0.2) is 14.3 Å². The Kier molecular flexibility index (Phi) is 3.72. The maximum atomic E-state index is 12.8. The molecule has 0 fully saturated rings. The fourth-order valence-corrected chi connectivity index (χ4v) is 3.37. The molecule has 28 heavy (non-hydrogen) atoms. The molecule has 0 saturated carbocycles. The summed E-state index contributed by atoms with van der Waals surface area (Å²) < 4.78 is 11.1. The molecule has 0 aliphatic heterocycles. The highest BCUT2D eigenvalue weighted by molar-refractivity contribution is 5.73. The van der Waals surface area contributed by atoms with Crippen LogP contribution in [0.3, 0.4) is 0 Å². The molecular weight excluding hydrogens is 354 g/mol. The molecule has 4 aromatic heterocycles. The quantitative estimate of drug-likeness (QED) is 0.484. The van der Waals surface area contributed by atoms with Crippen LogP contribution in [0.15, 0.2) is 78.0 Å². The number of rotatable bonds is 4. The minimum Gasteiger partial charge on any atom is -0.437 e. The summed E-state index contributed by atoms with van der Waals surface area (Å²) in [6, 6.07) is 16.9. The summed E-state index contributed by atoms with van der Waals surface area (Å²) >= 11 is 0. The summed E-state index contributed by atoms with van der Waals surface area (Å²) in [4.78, 5) is 21.7. The summed E-state index contributed by atoms with van der Waals surface area (Å²) in [5, 5.41) is 0. The van der Waals surface area contributed by atoms with Gasteiger partial charge >= 0.3 is 5.69 Å². The van der Waals surface area contributed by atoms with E-state index in [1.807, 2.05) is 78.3 Å². The maximum absolute atomic E-state index is 12.8. The fraction of sp³-hybridized carbons (Fsp3) is 0.0952. The molecule has 0 spiro atoms. The molecule has 7 nitrogen and oxygen atoms in total. The van der Waals surface area contributed by atoms with Gasteiger partial charge < -0.3 is 9.14 Å². The lowest BCUT2D eigenvalue weighted by molar-refractivity contribution is 0.466. The number of nitrogens with zero attached hydrogens (tertiary/aromatic N) is 5. The third-order valence-electron chi connectivity index (χ3n) is 4.67. The molecule has 0 bridgehead atoms. The van der Waals surface area contributed by atoms with E-state index in [2.05, 4.69) is 9.97 Å². The van der Waals surface area contributed by atoms with Gasteiger partial charge in [0.25, 0.3) is 0 Å². The number of hydrogen-bond acceptors (Lipinski definition) is 4. The number of pyridine rings is 2. The number of hydrogen-bond donors (Lipinski definition) is 0. The first-order chi connectivity index (χ1) is 13.7. The molecule has 5 aromatic rings. The van der Waals surface area contributed by atoms with Crippen LogP contribution in [0, 0.1) is 0 Å². The third-order valence-corrected chi connectivity index (χ3v) is 4.67. The monoisotopic (exact) mass is 371 g/mol. The Labute approximate surface area is 160 Å². The summed E-state index contributed by atoms with van der Waals surface area (Å²) in [5.74, 6) is 1.16. The highest BCUT2D eigenvalue weighted by Gasteiger charge is 2.14. The largest absolute Gasteiger partial charge is 0.437 e. The fourth-order valence-electron chi connectivity index (χ4n) is 3.37. The van der Waals surface area contributed by atoms with Gasteiger partial charge in [-0.3, -0.25) is 4.57 Å². The van der Waals surface area contributed by atoms with Gasteiger partial charge in [0.05, 0.1) is 17.4 Å². The van der Waals surface area contributed by atoms with Gasteiger partial charge in [-0.15, -0.1) is 0 Å². The molecular formula is C21H17N5O2. The molecule has 0 aliphatic rings. The molecule has 0 unspecified atom stereocenters. The molecule has 5 rings (SSSR count). The Morgan fingerprint density at radius 1 is 1.04 bits per heavy atom. The van der Waals surface area contributed by atoms with Crippen LogP contribution in [0.4, 0.5) is 0 Å². The Balaban J connectivity index is 1.51. The average Bonchev–Trinajstić information content (AvgIpc) is 3.25. The molecule has 0 saturated heterocycles. The van der Waals surface area contributed by atoms with Crippen molar-refractivity contribution >= 4 is 16.8 Å². The second kappa shape index (κ2) is 6.38. The lowest BCUT2D eigenvalue weighted by Crippen LogP contribution is -2.22. The molecule has 0 aliphatic carbocycles. The summed E-state index contributed by atoms with van der Waals surface area (Å²) in [6.07, 6.45) is 5.44. The molecule has 0 amide bonds. The van der Waals surface area contributed by atoms with E-state index in [4.69, 9.17) is 4.74 Å². The van der Waals surface area contributed by atoms with E-state index in [0.717, 1.165) is 16.9 Å². The first-order valence-corrected chi connectivity index (χ1v) is 9.03. The van der Waals surface area contributed by atoms with Gasteiger partial charge in [0.1, 0.15) is 11.4 Å². The molecule has 0 radical (unpaired) electrons. The molecule has 1 aromatic carbocycles. The predicted octanol–water partition coefficient (Wildman–Crippen LogP) is 3.65. The number of benzene rings is 1. The van der Waals surface area contributed by atoms with E-state index in [-0.39, 0.29) is 5.69 Å². The van der Waals surface area contributed by atoms with Gasteiger partial charge in [-0.2, -0.15) is 4.98 Å². The van der Waals surface area contributed by atoms with E-state index in [1.165, 1.54) is 0 Å². The summed E-state index contributed by atoms with van der Waals surface area (Å²) in [7, 11) is 0. The van der Waals surface area contributed by atoms with Crippen LogP contribution in [0.2, 0.25) is 0 Å². The lowest BCUT2D eigenvalue weighted by Gasteiger charge is -2.05. The summed E-state index contributed by atoms with van der Waals surface area (Å²) in [6.45, 7) is 2.53. The topological polar surface area (TPSA) is 66.3 Å². The normalized spacial score (nSPS) is 11.3. The van der Waals surface area contributed by atoms with Crippen molar-refractivity contribution in [1.29, 1.82) is 0 Å². The van der Waals surface area contributed by atoms with Crippen molar-refractivity contribution in [3.8, 4) is 17.3 Å².